The van der Waals surface area contributed by atoms with Gasteiger partial charge in [-0.2, -0.15) is 0 Å². The Morgan fingerprint density at radius 1 is 0.871 bits per heavy atom. The van der Waals surface area contributed by atoms with Crippen LogP contribution in [-0.2, 0) is 0 Å². The zero-order valence-corrected chi connectivity index (χ0v) is 17.0. The molecule has 5 rings (SSSR count). The van der Waals surface area contributed by atoms with Crippen LogP contribution in [0.5, 0.6) is 11.5 Å². The average molecular weight is 408 g/mol. The van der Waals surface area contributed by atoms with Gasteiger partial charge in [0, 0.05) is 17.8 Å². The third-order valence-electron chi connectivity index (χ3n) is 5.42. The number of carbonyl (C=O) groups is 2. The number of nitrogens with one attached hydrogen (secondary N) is 1. The van der Waals surface area contributed by atoms with Crippen molar-refractivity contribution in [3.05, 3.63) is 96.1 Å². The lowest BCUT2D eigenvalue weighted by Gasteiger charge is -2.19. The van der Waals surface area contributed by atoms with Crippen LogP contribution in [0, 0.1) is 0 Å². The molecule has 5 nitrogen and oxygen atoms in total. The van der Waals surface area contributed by atoms with E-state index in [2.05, 4.69) is 5.32 Å². The van der Waals surface area contributed by atoms with Gasteiger partial charge in [-0.15, -0.1) is 0 Å². The van der Waals surface area contributed by atoms with Crippen LogP contribution in [0.2, 0.25) is 0 Å². The number of hydrogen-bond donors (Lipinski definition) is 1. The summed E-state index contributed by atoms with van der Waals surface area (Å²) in [6.45, 7) is 2.43. The van der Waals surface area contributed by atoms with Crippen molar-refractivity contribution in [3.63, 3.8) is 0 Å². The van der Waals surface area contributed by atoms with E-state index in [4.69, 9.17) is 4.74 Å². The van der Waals surface area contributed by atoms with Crippen molar-refractivity contribution < 1.29 is 14.3 Å². The van der Waals surface area contributed by atoms with Gasteiger partial charge in [0.2, 0.25) is 0 Å². The van der Waals surface area contributed by atoms with Crippen LogP contribution in [0.15, 0.2) is 84.9 Å². The second-order valence-electron chi connectivity index (χ2n) is 7.35. The molecule has 0 aromatic heterocycles. The van der Waals surface area contributed by atoms with Crippen LogP contribution < -0.4 is 15.0 Å². The number of hydrogen-bond acceptors (Lipinski definition) is 3. The highest BCUT2D eigenvalue weighted by molar-refractivity contribution is 6.11. The van der Waals surface area contributed by atoms with Crippen molar-refractivity contribution in [1.82, 2.24) is 0 Å². The maximum atomic E-state index is 13.2. The van der Waals surface area contributed by atoms with E-state index in [1.165, 1.54) is 0 Å². The van der Waals surface area contributed by atoms with Gasteiger partial charge >= 0.3 is 0 Å². The Kier molecular flexibility index (Phi) is 4.64. The first-order valence-electron chi connectivity index (χ1n) is 10.2. The highest BCUT2D eigenvalue weighted by Gasteiger charge is 2.27. The standard InChI is InChI=1S/C26H20N2O3/c1-2-28-22-9-5-6-10-24(22)31-23-14-13-20(16-21(23)26(28)30)27-25(29)19-12-11-17-7-3-4-8-18(17)15-19/h3-16H,2H2,1H3,(H,27,29). The third kappa shape index (κ3) is 3.40. The molecule has 31 heavy (non-hydrogen) atoms. The van der Waals surface area contributed by atoms with Crippen molar-refractivity contribution in [2.45, 2.75) is 6.92 Å². The van der Waals surface area contributed by atoms with E-state index in [1.807, 2.05) is 67.6 Å². The molecule has 4 aromatic carbocycles. The molecule has 1 heterocycles. The summed E-state index contributed by atoms with van der Waals surface area (Å²) in [6, 6.07) is 26.1. The smallest absolute Gasteiger partial charge is 0.262 e. The summed E-state index contributed by atoms with van der Waals surface area (Å²) in [5.74, 6) is 0.703. The van der Waals surface area contributed by atoms with Crippen LogP contribution in [-0.4, -0.2) is 18.4 Å². The number of rotatable bonds is 3. The quantitative estimate of drug-likeness (QED) is 0.462. The second kappa shape index (κ2) is 7.61. The number of para-hydroxylation sites is 2. The molecule has 0 unspecified atom stereocenters. The maximum Gasteiger partial charge on any atom is 0.262 e. The van der Waals surface area contributed by atoms with E-state index in [9.17, 15) is 9.59 Å². The molecule has 5 heteroatoms. The van der Waals surface area contributed by atoms with Crippen molar-refractivity contribution >= 4 is 34.0 Å². The predicted molar refractivity (Wildman–Crippen MR) is 122 cm³/mol. The van der Waals surface area contributed by atoms with Crippen molar-refractivity contribution in [2.75, 3.05) is 16.8 Å². The molecule has 1 N–H and O–H groups in total. The van der Waals surface area contributed by atoms with Gasteiger partial charge in [-0.1, -0.05) is 42.5 Å². The van der Waals surface area contributed by atoms with E-state index < -0.39 is 0 Å². The Labute approximate surface area is 179 Å². The first-order valence-corrected chi connectivity index (χ1v) is 10.2. The van der Waals surface area contributed by atoms with E-state index in [0.29, 0.717) is 34.9 Å². The third-order valence-corrected chi connectivity index (χ3v) is 5.42. The fraction of sp³-hybridized carbons (Fsp3) is 0.0769. The molecule has 0 bridgehead atoms. The zero-order valence-electron chi connectivity index (χ0n) is 17.0. The molecule has 4 aromatic rings. The van der Waals surface area contributed by atoms with Crippen LogP contribution in [0.1, 0.15) is 27.6 Å². The van der Waals surface area contributed by atoms with E-state index in [0.717, 1.165) is 16.5 Å². The SMILES string of the molecule is CCN1C(=O)c2cc(NC(=O)c3ccc4ccccc4c3)ccc2Oc2ccccc21. The Morgan fingerprint density at radius 2 is 1.65 bits per heavy atom. The molecule has 0 atom stereocenters. The highest BCUT2D eigenvalue weighted by atomic mass is 16.5. The zero-order chi connectivity index (χ0) is 21.4. The van der Waals surface area contributed by atoms with E-state index in [-0.39, 0.29) is 11.8 Å². The van der Waals surface area contributed by atoms with Crippen LogP contribution in [0.4, 0.5) is 11.4 Å². The summed E-state index contributed by atoms with van der Waals surface area (Å²) in [7, 11) is 0. The molecule has 1 aliphatic rings. The minimum Gasteiger partial charge on any atom is -0.454 e. The van der Waals surface area contributed by atoms with Gasteiger partial charge in [-0.05, 0) is 60.2 Å². The van der Waals surface area contributed by atoms with E-state index in [1.54, 1.807) is 29.2 Å². The Hall–Kier alpha value is -4.12. The van der Waals surface area contributed by atoms with Gasteiger partial charge in [0.05, 0.1) is 11.3 Å². The molecule has 0 saturated carbocycles. The van der Waals surface area contributed by atoms with E-state index >= 15 is 0 Å². The fourth-order valence-corrected chi connectivity index (χ4v) is 3.85. The summed E-state index contributed by atoms with van der Waals surface area (Å²) in [5, 5.41) is 4.98. The monoisotopic (exact) mass is 408 g/mol. The predicted octanol–water partition coefficient (Wildman–Crippen LogP) is 5.86. The topological polar surface area (TPSA) is 58.6 Å². The van der Waals surface area contributed by atoms with Gasteiger partial charge in [0.15, 0.2) is 5.75 Å². The van der Waals surface area contributed by atoms with Crippen LogP contribution in [0.25, 0.3) is 10.8 Å². The lowest BCUT2D eigenvalue weighted by molar-refractivity contribution is 0.0985. The maximum absolute atomic E-state index is 13.2. The fourth-order valence-electron chi connectivity index (χ4n) is 3.85. The summed E-state index contributed by atoms with van der Waals surface area (Å²) in [4.78, 5) is 27.7. The van der Waals surface area contributed by atoms with Crippen molar-refractivity contribution in [1.29, 1.82) is 0 Å². The lowest BCUT2D eigenvalue weighted by atomic mass is 10.1. The number of ether oxygens (including phenoxy) is 1. The summed E-state index contributed by atoms with van der Waals surface area (Å²) in [6.07, 6.45) is 0. The Morgan fingerprint density at radius 3 is 2.48 bits per heavy atom. The van der Waals surface area contributed by atoms with Gasteiger partial charge in [-0.25, -0.2) is 0 Å². The first-order chi connectivity index (χ1) is 15.1. The first kappa shape index (κ1) is 18.9. The molecule has 0 fully saturated rings. The number of fused-ring (bicyclic) bond motifs is 3. The van der Waals surface area contributed by atoms with Gasteiger partial charge in [0.25, 0.3) is 11.8 Å². The minimum absolute atomic E-state index is 0.163. The van der Waals surface area contributed by atoms with Gasteiger partial charge in [0.1, 0.15) is 5.75 Å². The summed E-state index contributed by atoms with van der Waals surface area (Å²) in [5.41, 5.74) is 2.23. The normalized spacial score (nSPS) is 12.5. The largest absolute Gasteiger partial charge is 0.454 e. The second-order valence-corrected chi connectivity index (χ2v) is 7.35. The molecule has 0 radical (unpaired) electrons. The molecule has 152 valence electrons. The van der Waals surface area contributed by atoms with Crippen LogP contribution >= 0.6 is 0 Å². The number of amides is 2. The lowest BCUT2D eigenvalue weighted by Crippen LogP contribution is -2.29. The molecule has 1 aliphatic heterocycles. The minimum atomic E-state index is -0.233. The van der Waals surface area contributed by atoms with Crippen LogP contribution in [0.3, 0.4) is 0 Å². The molecular formula is C26H20N2O3. The molecule has 2 amide bonds. The number of benzene rings is 4. The molecule has 0 saturated heterocycles. The Balaban J connectivity index is 1.46. The molecule has 0 aliphatic carbocycles. The van der Waals surface area contributed by atoms with Gasteiger partial charge in [-0.3, -0.25) is 9.59 Å². The van der Waals surface area contributed by atoms with Gasteiger partial charge < -0.3 is 15.0 Å². The molecular weight excluding hydrogens is 388 g/mol. The Bertz CT molecular complexity index is 1330. The number of anilines is 2. The van der Waals surface area contributed by atoms with Crippen molar-refractivity contribution in [3.8, 4) is 11.5 Å². The molecule has 0 spiro atoms. The van der Waals surface area contributed by atoms with Crippen molar-refractivity contribution in [2.24, 2.45) is 0 Å². The number of carbonyl (C=O) groups excluding carboxylic acids is 2. The average Bonchev–Trinajstić information content (AvgIpc) is 2.92. The summed E-state index contributed by atoms with van der Waals surface area (Å²) < 4.78 is 6.02. The summed E-state index contributed by atoms with van der Waals surface area (Å²) >= 11 is 0. The number of nitrogens with zero attached hydrogens (tertiary/aromatic N) is 1. The highest BCUT2D eigenvalue weighted by Crippen LogP contribution is 2.39.